The van der Waals surface area contributed by atoms with Gasteiger partial charge in [0.25, 0.3) is 0 Å². The van der Waals surface area contributed by atoms with Gasteiger partial charge in [-0.3, -0.25) is 4.79 Å². The van der Waals surface area contributed by atoms with Gasteiger partial charge in [-0.1, -0.05) is 12.1 Å². The van der Waals surface area contributed by atoms with E-state index in [1.54, 1.807) is 0 Å². The van der Waals surface area contributed by atoms with Crippen molar-refractivity contribution in [1.29, 1.82) is 0 Å². The zero-order valence-corrected chi connectivity index (χ0v) is 11.9. The van der Waals surface area contributed by atoms with Crippen LogP contribution in [-0.2, 0) is 11.2 Å². The molecule has 0 bridgehead atoms. The molecular weight excluding hydrogens is 268 g/mol. The van der Waals surface area contributed by atoms with Crippen LogP contribution in [0.25, 0.3) is 0 Å². The lowest BCUT2D eigenvalue weighted by atomic mass is 10.1. The molecule has 1 heterocycles. The molecular formula is C13H19ClN2OS. The van der Waals surface area contributed by atoms with Crippen molar-refractivity contribution in [3.05, 3.63) is 29.8 Å². The zero-order chi connectivity index (χ0) is 12.1. The van der Waals surface area contributed by atoms with E-state index >= 15 is 0 Å². The summed E-state index contributed by atoms with van der Waals surface area (Å²) in [4.78, 5) is 14.1. The monoisotopic (exact) mass is 286 g/mol. The summed E-state index contributed by atoms with van der Waals surface area (Å²) in [5, 5.41) is 0. The van der Waals surface area contributed by atoms with E-state index in [0.717, 1.165) is 36.5 Å². The molecule has 2 N–H and O–H groups in total. The Balaban J connectivity index is 0.00000162. The van der Waals surface area contributed by atoms with E-state index in [1.807, 2.05) is 40.9 Å². The quantitative estimate of drug-likeness (QED) is 0.848. The third kappa shape index (κ3) is 4.42. The number of benzene rings is 1. The average molecular weight is 287 g/mol. The lowest BCUT2D eigenvalue weighted by Crippen LogP contribution is -2.34. The second kappa shape index (κ2) is 7.54. The van der Waals surface area contributed by atoms with E-state index in [2.05, 4.69) is 0 Å². The molecule has 0 spiro atoms. The Kier molecular flexibility index (Phi) is 6.36. The first kappa shape index (κ1) is 15.2. The van der Waals surface area contributed by atoms with Crippen LogP contribution in [-0.4, -0.2) is 35.4 Å². The number of thioether (sulfide) groups is 1. The van der Waals surface area contributed by atoms with Gasteiger partial charge in [-0.2, -0.15) is 11.8 Å². The molecule has 1 aromatic rings. The molecule has 1 saturated heterocycles. The molecule has 1 aliphatic heterocycles. The molecule has 100 valence electrons. The van der Waals surface area contributed by atoms with Crippen molar-refractivity contribution < 1.29 is 4.79 Å². The summed E-state index contributed by atoms with van der Waals surface area (Å²) in [5.74, 6) is 2.47. The number of nitrogen functional groups attached to an aromatic ring is 1. The maximum absolute atomic E-state index is 12.1. The van der Waals surface area contributed by atoms with Crippen molar-refractivity contribution in [3.63, 3.8) is 0 Å². The van der Waals surface area contributed by atoms with E-state index in [-0.39, 0.29) is 18.3 Å². The smallest absolute Gasteiger partial charge is 0.227 e. The minimum atomic E-state index is 0. The van der Waals surface area contributed by atoms with Crippen LogP contribution in [0, 0.1) is 0 Å². The molecule has 5 heteroatoms. The van der Waals surface area contributed by atoms with Gasteiger partial charge in [-0.05, 0) is 29.9 Å². The number of nitrogens with two attached hydrogens (primary N) is 1. The predicted molar refractivity (Wildman–Crippen MR) is 80.3 cm³/mol. The summed E-state index contributed by atoms with van der Waals surface area (Å²) in [6.45, 7) is 1.79. The summed E-state index contributed by atoms with van der Waals surface area (Å²) in [7, 11) is 0. The number of rotatable bonds is 2. The molecule has 0 saturated carbocycles. The van der Waals surface area contributed by atoms with Crippen molar-refractivity contribution in [2.75, 3.05) is 30.3 Å². The van der Waals surface area contributed by atoms with Crippen molar-refractivity contribution in [2.24, 2.45) is 0 Å². The lowest BCUT2D eigenvalue weighted by molar-refractivity contribution is -0.130. The zero-order valence-electron chi connectivity index (χ0n) is 10.3. The van der Waals surface area contributed by atoms with Crippen molar-refractivity contribution in [2.45, 2.75) is 12.8 Å². The summed E-state index contributed by atoms with van der Waals surface area (Å²) in [6.07, 6.45) is 1.60. The fourth-order valence-electron chi connectivity index (χ4n) is 1.92. The molecule has 18 heavy (non-hydrogen) atoms. The van der Waals surface area contributed by atoms with Crippen LogP contribution in [0.4, 0.5) is 5.69 Å². The van der Waals surface area contributed by atoms with Crippen LogP contribution in [0.3, 0.4) is 0 Å². The molecule has 0 aliphatic carbocycles. The Labute approximate surface area is 119 Å². The van der Waals surface area contributed by atoms with Crippen LogP contribution in [0.15, 0.2) is 24.3 Å². The first-order valence-electron chi connectivity index (χ1n) is 5.95. The van der Waals surface area contributed by atoms with Gasteiger partial charge in [-0.15, -0.1) is 12.4 Å². The van der Waals surface area contributed by atoms with Gasteiger partial charge in [0, 0.05) is 24.5 Å². The van der Waals surface area contributed by atoms with E-state index in [1.165, 1.54) is 5.75 Å². The van der Waals surface area contributed by atoms with Crippen LogP contribution < -0.4 is 5.73 Å². The van der Waals surface area contributed by atoms with Crippen LogP contribution >= 0.6 is 24.2 Å². The predicted octanol–water partition coefficient (Wildman–Crippen LogP) is 2.20. The molecule has 1 aromatic carbocycles. The second-order valence-electron chi connectivity index (χ2n) is 4.27. The Morgan fingerprint density at radius 1 is 1.22 bits per heavy atom. The number of hydrogen-bond donors (Lipinski definition) is 1. The molecule has 0 aromatic heterocycles. The lowest BCUT2D eigenvalue weighted by Gasteiger charge is -2.19. The Bertz CT molecular complexity index is 375. The highest BCUT2D eigenvalue weighted by atomic mass is 35.5. The number of hydrogen-bond acceptors (Lipinski definition) is 3. The normalized spacial score (nSPS) is 15.7. The third-order valence-corrected chi connectivity index (χ3v) is 3.96. The van der Waals surface area contributed by atoms with E-state index < -0.39 is 0 Å². The fourth-order valence-corrected chi connectivity index (χ4v) is 2.80. The van der Waals surface area contributed by atoms with Gasteiger partial charge in [-0.25, -0.2) is 0 Å². The van der Waals surface area contributed by atoms with Crippen molar-refractivity contribution in [1.82, 2.24) is 4.90 Å². The number of nitrogens with zero attached hydrogens (tertiary/aromatic N) is 1. The minimum absolute atomic E-state index is 0. The maximum atomic E-state index is 12.1. The van der Waals surface area contributed by atoms with Crippen molar-refractivity contribution >= 4 is 35.8 Å². The highest BCUT2D eigenvalue weighted by Crippen LogP contribution is 2.12. The van der Waals surface area contributed by atoms with Gasteiger partial charge in [0.15, 0.2) is 0 Å². The summed E-state index contributed by atoms with van der Waals surface area (Å²) in [6, 6.07) is 7.56. The number of anilines is 1. The molecule has 0 radical (unpaired) electrons. The van der Waals surface area contributed by atoms with Gasteiger partial charge in [0.1, 0.15) is 0 Å². The topological polar surface area (TPSA) is 46.3 Å². The minimum Gasteiger partial charge on any atom is -0.399 e. The van der Waals surface area contributed by atoms with Crippen molar-refractivity contribution in [3.8, 4) is 0 Å². The molecule has 2 rings (SSSR count). The van der Waals surface area contributed by atoms with E-state index in [4.69, 9.17) is 5.73 Å². The first-order valence-corrected chi connectivity index (χ1v) is 7.11. The van der Waals surface area contributed by atoms with Gasteiger partial charge < -0.3 is 10.6 Å². The van der Waals surface area contributed by atoms with E-state index in [9.17, 15) is 4.79 Å². The molecule has 1 fully saturated rings. The number of carbonyl (C=O) groups is 1. The highest BCUT2D eigenvalue weighted by Gasteiger charge is 2.15. The Hall–Kier alpha value is -0.870. The molecule has 1 amide bonds. The Morgan fingerprint density at radius 2 is 1.94 bits per heavy atom. The van der Waals surface area contributed by atoms with Crippen LogP contribution in [0.5, 0.6) is 0 Å². The SMILES string of the molecule is Cl.Nc1ccc(CC(=O)N2CCCSCC2)cc1. The van der Waals surface area contributed by atoms with Crippen LogP contribution in [0.1, 0.15) is 12.0 Å². The molecule has 3 nitrogen and oxygen atoms in total. The molecule has 1 aliphatic rings. The standard InChI is InChI=1S/C13H18N2OS.ClH/c14-12-4-2-11(3-5-12)10-13(16)15-6-1-8-17-9-7-15;/h2-5H,1,6-10,14H2;1H. The van der Waals surface area contributed by atoms with E-state index in [0.29, 0.717) is 6.42 Å². The second-order valence-corrected chi connectivity index (χ2v) is 5.49. The maximum Gasteiger partial charge on any atom is 0.227 e. The highest BCUT2D eigenvalue weighted by molar-refractivity contribution is 7.99. The summed E-state index contributed by atoms with van der Waals surface area (Å²) in [5.41, 5.74) is 7.41. The fraction of sp³-hybridized carbons (Fsp3) is 0.462. The number of halogens is 1. The largest absolute Gasteiger partial charge is 0.399 e. The summed E-state index contributed by atoms with van der Waals surface area (Å²) >= 11 is 1.93. The van der Waals surface area contributed by atoms with Gasteiger partial charge in [0.05, 0.1) is 6.42 Å². The first-order chi connectivity index (χ1) is 8.25. The van der Waals surface area contributed by atoms with Crippen LogP contribution in [0.2, 0.25) is 0 Å². The average Bonchev–Trinajstić information content (AvgIpc) is 2.61. The summed E-state index contributed by atoms with van der Waals surface area (Å²) < 4.78 is 0. The molecule has 0 atom stereocenters. The third-order valence-electron chi connectivity index (χ3n) is 2.91. The number of carbonyl (C=O) groups excluding carboxylic acids is 1. The molecule has 0 unspecified atom stereocenters. The Morgan fingerprint density at radius 3 is 2.67 bits per heavy atom. The van der Waals surface area contributed by atoms with Gasteiger partial charge >= 0.3 is 0 Å². The van der Waals surface area contributed by atoms with Gasteiger partial charge in [0.2, 0.25) is 5.91 Å². The number of amides is 1.